The van der Waals surface area contributed by atoms with E-state index in [0.717, 1.165) is 5.76 Å². The quantitative estimate of drug-likeness (QED) is 0.836. The zero-order chi connectivity index (χ0) is 16.4. The van der Waals surface area contributed by atoms with Crippen molar-refractivity contribution in [2.75, 3.05) is 13.6 Å². The fraction of sp³-hybridized carbons (Fsp3) is 0.438. The van der Waals surface area contributed by atoms with Gasteiger partial charge in [0.1, 0.15) is 17.2 Å². The van der Waals surface area contributed by atoms with E-state index in [9.17, 15) is 9.59 Å². The molecule has 2 aromatic rings. The second kappa shape index (κ2) is 6.28. The van der Waals surface area contributed by atoms with Crippen LogP contribution >= 0.6 is 0 Å². The summed E-state index contributed by atoms with van der Waals surface area (Å²) in [6.07, 6.45) is 1.81. The maximum absolute atomic E-state index is 12.5. The molecule has 23 heavy (non-hydrogen) atoms. The maximum Gasteiger partial charge on any atom is 0.228 e. The van der Waals surface area contributed by atoms with E-state index in [2.05, 4.69) is 5.16 Å². The lowest BCUT2D eigenvalue weighted by Crippen LogP contribution is -2.34. The molecule has 1 aliphatic rings. The predicted molar refractivity (Wildman–Crippen MR) is 79.9 cm³/mol. The third kappa shape index (κ3) is 3.44. The van der Waals surface area contributed by atoms with Gasteiger partial charge in [0.05, 0.1) is 25.3 Å². The molecule has 0 aromatic carbocycles. The average Bonchev–Trinajstić information content (AvgIpc) is 3.23. The highest BCUT2D eigenvalue weighted by atomic mass is 16.5. The van der Waals surface area contributed by atoms with Gasteiger partial charge in [0, 0.05) is 26.1 Å². The highest BCUT2D eigenvalue weighted by Gasteiger charge is 2.36. The molecule has 0 aliphatic carbocycles. The Balaban J connectivity index is 1.58. The Morgan fingerprint density at radius 2 is 2.35 bits per heavy atom. The van der Waals surface area contributed by atoms with Gasteiger partial charge in [-0.3, -0.25) is 9.59 Å². The molecule has 3 heterocycles. The Kier molecular flexibility index (Phi) is 4.18. The molecule has 2 amide bonds. The SMILES string of the molecule is Cc1cc(CN(C)C(=O)[C@H]2CC(=O)N(Cc3ccco3)C2)no1. The molecule has 122 valence electrons. The van der Waals surface area contributed by atoms with Crippen molar-refractivity contribution in [1.29, 1.82) is 0 Å². The van der Waals surface area contributed by atoms with Crippen LogP contribution in [0.1, 0.15) is 23.6 Å². The summed E-state index contributed by atoms with van der Waals surface area (Å²) in [4.78, 5) is 27.9. The second-order valence-electron chi connectivity index (χ2n) is 5.88. The Morgan fingerprint density at radius 3 is 3.00 bits per heavy atom. The van der Waals surface area contributed by atoms with Gasteiger partial charge in [-0.15, -0.1) is 0 Å². The third-order valence-corrected chi connectivity index (χ3v) is 3.94. The Labute approximate surface area is 133 Å². The van der Waals surface area contributed by atoms with Gasteiger partial charge < -0.3 is 18.7 Å². The molecule has 0 radical (unpaired) electrons. The van der Waals surface area contributed by atoms with Gasteiger partial charge in [-0.1, -0.05) is 5.16 Å². The van der Waals surface area contributed by atoms with Crippen LogP contribution in [0.4, 0.5) is 0 Å². The fourth-order valence-electron chi connectivity index (χ4n) is 2.81. The number of aromatic nitrogens is 1. The van der Waals surface area contributed by atoms with Gasteiger partial charge in [-0.25, -0.2) is 0 Å². The summed E-state index contributed by atoms with van der Waals surface area (Å²) < 4.78 is 10.3. The van der Waals surface area contributed by atoms with Crippen molar-refractivity contribution in [3.05, 3.63) is 41.7 Å². The molecular weight excluding hydrogens is 298 g/mol. The molecule has 1 atom stereocenters. The monoisotopic (exact) mass is 317 g/mol. The maximum atomic E-state index is 12.5. The minimum Gasteiger partial charge on any atom is -0.467 e. The van der Waals surface area contributed by atoms with E-state index in [0.29, 0.717) is 31.1 Å². The minimum atomic E-state index is -0.324. The molecule has 7 nitrogen and oxygen atoms in total. The Morgan fingerprint density at radius 1 is 1.52 bits per heavy atom. The van der Waals surface area contributed by atoms with Crippen LogP contribution in [-0.4, -0.2) is 40.4 Å². The number of nitrogens with zero attached hydrogens (tertiary/aromatic N) is 3. The van der Waals surface area contributed by atoms with Gasteiger partial charge >= 0.3 is 0 Å². The number of amides is 2. The van der Waals surface area contributed by atoms with E-state index < -0.39 is 0 Å². The summed E-state index contributed by atoms with van der Waals surface area (Å²) in [7, 11) is 1.71. The molecule has 0 N–H and O–H groups in total. The van der Waals surface area contributed by atoms with Crippen LogP contribution in [0.5, 0.6) is 0 Å². The first kappa shape index (κ1) is 15.3. The normalized spacial score (nSPS) is 17.7. The van der Waals surface area contributed by atoms with Crippen molar-refractivity contribution in [1.82, 2.24) is 15.0 Å². The molecule has 1 aliphatic heterocycles. The number of hydrogen-bond acceptors (Lipinski definition) is 5. The molecule has 3 rings (SSSR count). The van der Waals surface area contributed by atoms with E-state index >= 15 is 0 Å². The molecule has 0 unspecified atom stereocenters. The summed E-state index contributed by atoms with van der Waals surface area (Å²) in [5.74, 6) is 1.03. The van der Waals surface area contributed by atoms with Crippen LogP contribution in [0.15, 0.2) is 33.4 Å². The first-order valence-corrected chi connectivity index (χ1v) is 7.50. The second-order valence-corrected chi connectivity index (χ2v) is 5.88. The third-order valence-electron chi connectivity index (χ3n) is 3.94. The summed E-state index contributed by atoms with van der Waals surface area (Å²) >= 11 is 0. The van der Waals surface area contributed by atoms with Crippen molar-refractivity contribution in [3.8, 4) is 0 Å². The standard InChI is InChI=1S/C16H19N3O4/c1-11-6-13(17-23-11)9-18(2)16(21)12-7-15(20)19(8-12)10-14-4-3-5-22-14/h3-6,12H,7-10H2,1-2H3/t12-/m0/s1. The van der Waals surface area contributed by atoms with E-state index in [1.54, 1.807) is 42.2 Å². The highest BCUT2D eigenvalue weighted by Crippen LogP contribution is 2.22. The number of rotatable bonds is 5. The number of aryl methyl sites for hydroxylation is 1. The largest absolute Gasteiger partial charge is 0.467 e. The average molecular weight is 317 g/mol. The highest BCUT2D eigenvalue weighted by molar-refractivity contribution is 5.89. The molecule has 1 saturated heterocycles. The number of likely N-dealkylation sites (tertiary alicyclic amines) is 1. The molecule has 0 spiro atoms. The summed E-state index contributed by atoms with van der Waals surface area (Å²) in [5.41, 5.74) is 0.704. The number of hydrogen-bond donors (Lipinski definition) is 0. The molecular formula is C16H19N3O4. The number of carbonyl (C=O) groups is 2. The smallest absolute Gasteiger partial charge is 0.228 e. The topological polar surface area (TPSA) is 79.8 Å². The van der Waals surface area contributed by atoms with E-state index in [-0.39, 0.29) is 24.2 Å². The summed E-state index contributed by atoms with van der Waals surface area (Å²) in [5, 5.41) is 3.89. The Hall–Kier alpha value is -2.57. The zero-order valence-corrected chi connectivity index (χ0v) is 13.2. The Bertz CT molecular complexity index is 692. The van der Waals surface area contributed by atoms with E-state index in [1.165, 1.54) is 0 Å². The molecule has 0 bridgehead atoms. The van der Waals surface area contributed by atoms with Crippen molar-refractivity contribution in [3.63, 3.8) is 0 Å². The van der Waals surface area contributed by atoms with Crippen LogP contribution in [0.3, 0.4) is 0 Å². The van der Waals surface area contributed by atoms with E-state index in [1.807, 2.05) is 6.07 Å². The van der Waals surface area contributed by atoms with Crippen LogP contribution in [-0.2, 0) is 22.7 Å². The molecule has 2 aromatic heterocycles. The first-order valence-electron chi connectivity index (χ1n) is 7.50. The lowest BCUT2D eigenvalue weighted by atomic mass is 10.1. The van der Waals surface area contributed by atoms with Crippen molar-refractivity contribution >= 4 is 11.8 Å². The fourth-order valence-corrected chi connectivity index (χ4v) is 2.81. The zero-order valence-electron chi connectivity index (χ0n) is 13.2. The van der Waals surface area contributed by atoms with Gasteiger partial charge in [-0.05, 0) is 19.1 Å². The summed E-state index contributed by atoms with van der Waals surface area (Å²) in [6.45, 7) is 3.00. The molecule has 0 saturated carbocycles. The van der Waals surface area contributed by atoms with Gasteiger partial charge in [0.25, 0.3) is 0 Å². The van der Waals surface area contributed by atoms with Crippen molar-refractivity contribution in [2.45, 2.75) is 26.4 Å². The van der Waals surface area contributed by atoms with Crippen LogP contribution in [0.25, 0.3) is 0 Å². The van der Waals surface area contributed by atoms with Gasteiger partial charge in [0.2, 0.25) is 11.8 Å². The minimum absolute atomic E-state index is 0.0227. The van der Waals surface area contributed by atoms with Gasteiger partial charge in [0.15, 0.2) is 0 Å². The number of furan rings is 1. The lowest BCUT2D eigenvalue weighted by Gasteiger charge is -2.20. The van der Waals surface area contributed by atoms with Crippen molar-refractivity contribution in [2.24, 2.45) is 5.92 Å². The molecule has 1 fully saturated rings. The van der Waals surface area contributed by atoms with E-state index in [4.69, 9.17) is 8.94 Å². The van der Waals surface area contributed by atoms with Crippen molar-refractivity contribution < 1.29 is 18.5 Å². The molecule has 7 heteroatoms. The van der Waals surface area contributed by atoms with Crippen LogP contribution < -0.4 is 0 Å². The first-order chi connectivity index (χ1) is 11.0. The predicted octanol–water partition coefficient (Wildman–Crippen LogP) is 1.58. The van der Waals surface area contributed by atoms with Gasteiger partial charge in [-0.2, -0.15) is 0 Å². The van der Waals surface area contributed by atoms with Crippen LogP contribution in [0.2, 0.25) is 0 Å². The number of carbonyl (C=O) groups excluding carboxylic acids is 2. The lowest BCUT2D eigenvalue weighted by molar-refractivity contribution is -0.135. The summed E-state index contributed by atoms with van der Waals surface area (Å²) in [6, 6.07) is 5.40. The van der Waals surface area contributed by atoms with Crippen LogP contribution in [0, 0.1) is 12.8 Å².